The van der Waals surface area contributed by atoms with Gasteiger partial charge in [0.15, 0.2) is 0 Å². The molecule has 0 saturated carbocycles. The van der Waals surface area contributed by atoms with E-state index in [4.69, 9.17) is 4.74 Å². The van der Waals surface area contributed by atoms with Gasteiger partial charge in [-0.3, -0.25) is 10.1 Å². The molecule has 0 aliphatic rings. The number of halogens is 1. The molecule has 1 N–H and O–H groups in total. The summed E-state index contributed by atoms with van der Waals surface area (Å²) in [6.45, 7) is 11.8. The molecule has 0 saturated heterocycles. The second-order valence-electron chi connectivity index (χ2n) is 6.23. The van der Waals surface area contributed by atoms with E-state index in [0.29, 0.717) is 6.61 Å². The first-order chi connectivity index (χ1) is 12.5. The number of hydrogen-bond acceptors (Lipinski definition) is 4. The van der Waals surface area contributed by atoms with Crippen molar-refractivity contribution in [2.45, 2.75) is 53.0 Å². The largest absolute Gasteiger partial charge is 0.465 e. The van der Waals surface area contributed by atoms with Crippen LogP contribution in [0.1, 0.15) is 57.3 Å². The number of nitrogens with one attached hydrogen (secondary N) is 1. The lowest BCUT2D eigenvalue weighted by Crippen LogP contribution is -2.34. The van der Waals surface area contributed by atoms with Crippen LogP contribution in [0.3, 0.4) is 0 Å². The van der Waals surface area contributed by atoms with Gasteiger partial charge in [-0.2, -0.15) is 0 Å². The third-order valence-electron chi connectivity index (χ3n) is 4.11. The molecule has 0 aliphatic carbocycles. The summed E-state index contributed by atoms with van der Waals surface area (Å²) < 4.78 is 19.3. The normalized spacial score (nSPS) is 12.9. The summed E-state index contributed by atoms with van der Waals surface area (Å²) in [7, 11) is 0. The van der Waals surface area contributed by atoms with Gasteiger partial charge in [0.05, 0.1) is 18.2 Å². The molecular weight excluding hydrogens is 333 g/mol. The highest BCUT2D eigenvalue weighted by Crippen LogP contribution is 2.07. The summed E-state index contributed by atoms with van der Waals surface area (Å²) in [6.07, 6.45) is 2.71. The Morgan fingerprint density at radius 1 is 1.27 bits per heavy atom. The lowest BCUT2D eigenvalue weighted by Gasteiger charge is -2.18. The van der Waals surface area contributed by atoms with Gasteiger partial charge in [0, 0.05) is 0 Å². The van der Waals surface area contributed by atoms with Crippen molar-refractivity contribution in [2.75, 3.05) is 26.2 Å². The van der Waals surface area contributed by atoms with Gasteiger partial charge >= 0.3 is 0 Å². The van der Waals surface area contributed by atoms with Gasteiger partial charge in [-0.15, -0.1) is 0 Å². The number of amides is 1. The number of rotatable bonds is 10. The third kappa shape index (κ3) is 7.95. The molecule has 1 aromatic rings. The van der Waals surface area contributed by atoms with Crippen molar-refractivity contribution in [3.63, 3.8) is 0 Å². The zero-order valence-corrected chi connectivity index (χ0v) is 16.4. The topological polar surface area (TPSA) is 53.9 Å². The van der Waals surface area contributed by atoms with Crippen molar-refractivity contribution < 1.29 is 13.9 Å². The number of carbonyl (C=O) groups is 1. The van der Waals surface area contributed by atoms with Crippen LogP contribution in [-0.4, -0.2) is 49.1 Å². The quantitative estimate of drug-likeness (QED) is 0.506. The standard InChI is InChI=1S/C20H32FN3O2/c1-5-15-26-20(22-16(4)11-10-14-24(6-2)7-3)23-19(25)17-12-8-9-13-18(17)21/h8-9,12-13,16H,5-7,10-11,14-15H2,1-4H3,(H,22,23,25)/t16-/m1/s1. The van der Waals surface area contributed by atoms with Gasteiger partial charge in [-0.1, -0.05) is 32.9 Å². The zero-order valence-electron chi connectivity index (χ0n) is 16.4. The molecule has 0 spiro atoms. The second-order valence-corrected chi connectivity index (χ2v) is 6.23. The van der Waals surface area contributed by atoms with Crippen LogP contribution in [0.4, 0.5) is 4.39 Å². The Labute approximate surface area is 156 Å². The van der Waals surface area contributed by atoms with E-state index < -0.39 is 11.7 Å². The predicted molar refractivity (Wildman–Crippen MR) is 104 cm³/mol. The summed E-state index contributed by atoms with van der Waals surface area (Å²) in [5.41, 5.74) is -0.0190. The highest BCUT2D eigenvalue weighted by molar-refractivity contribution is 6.04. The Balaban J connectivity index is 2.67. The van der Waals surface area contributed by atoms with Gasteiger partial charge in [0.1, 0.15) is 5.82 Å². The van der Waals surface area contributed by atoms with E-state index in [1.165, 1.54) is 12.1 Å². The first kappa shape index (κ1) is 22.1. The maximum atomic E-state index is 13.8. The minimum atomic E-state index is -0.563. The van der Waals surface area contributed by atoms with Crippen LogP contribution in [0.15, 0.2) is 29.3 Å². The molecule has 0 unspecified atom stereocenters. The molecule has 1 aromatic carbocycles. The van der Waals surface area contributed by atoms with Gasteiger partial charge < -0.3 is 9.64 Å². The Bertz CT molecular complexity index is 574. The number of amidine groups is 1. The summed E-state index contributed by atoms with van der Waals surface area (Å²) in [6, 6.07) is 6.04. The minimum absolute atomic E-state index is 0.0124. The molecule has 0 heterocycles. The fourth-order valence-electron chi connectivity index (χ4n) is 2.53. The molecule has 5 nitrogen and oxygen atoms in total. The Morgan fingerprint density at radius 2 is 1.96 bits per heavy atom. The van der Waals surface area contributed by atoms with E-state index in [1.54, 1.807) is 12.1 Å². The smallest absolute Gasteiger partial charge is 0.291 e. The van der Waals surface area contributed by atoms with E-state index in [1.807, 2.05) is 13.8 Å². The van der Waals surface area contributed by atoms with Crippen molar-refractivity contribution in [3.8, 4) is 0 Å². The van der Waals surface area contributed by atoms with Gasteiger partial charge in [-0.05, 0) is 58.0 Å². The lowest BCUT2D eigenvalue weighted by atomic mass is 10.2. The predicted octanol–water partition coefficient (Wildman–Crippen LogP) is 3.85. The van der Waals surface area contributed by atoms with Crippen LogP contribution < -0.4 is 5.32 Å². The Hall–Kier alpha value is -1.95. The van der Waals surface area contributed by atoms with Crippen molar-refractivity contribution >= 4 is 11.9 Å². The third-order valence-corrected chi connectivity index (χ3v) is 4.11. The van der Waals surface area contributed by atoms with Crippen LogP contribution in [0, 0.1) is 5.82 Å². The van der Waals surface area contributed by atoms with Crippen LogP contribution in [-0.2, 0) is 4.74 Å². The number of aliphatic imine (C=N–C) groups is 1. The van der Waals surface area contributed by atoms with Crippen molar-refractivity contribution in [3.05, 3.63) is 35.6 Å². The van der Waals surface area contributed by atoms with E-state index in [-0.39, 0.29) is 17.6 Å². The molecule has 0 bridgehead atoms. The average Bonchev–Trinajstić information content (AvgIpc) is 2.63. The zero-order chi connectivity index (χ0) is 19.4. The highest BCUT2D eigenvalue weighted by atomic mass is 19.1. The second kappa shape index (κ2) is 12.4. The first-order valence-corrected chi connectivity index (χ1v) is 9.50. The van der Waals surface area contributed by atoms with E-state index in [9.17, 15) is 9.18 Å². The summed E-state index contributed by atoms with van der Waals surface area (Å²) in [4.78, 5) is 19.1. The summed E-state index contributed by atoms with van der Waals surface area (Å²) in [5, 5.41) is 2.60. The molecule has 0 fully saturated rings. The molecular formula is C20H32FN3O2. The van der Waals surface area contributed by atoms with Crippen LogP contribution in [0.25, 0.3) is 0 Å². The monoisotopic (exact) mass is 365 g/mol. The van der Waals surface area contributed by atoms with Crippen molar-refractivity contribution in [1.29, 1.82) is 0 Å². The molecule has 0 aliphatic heterocycles. The number of hydrogen-bond donors (Lipinski definition) is 1. The maximum absolute atomic E-state index is 13.8. The lowest BCUT2D eigenvalue weighted by molar-refractivity contribution is 0.0961. The Morgan fingerprint density at radius 3 is 2.58 bits per heavy atom. The molecule has 1 amide bonds. The highest BCUT2D eigenvalue weighted by Gasteiger charge is 2.15. The molecule has 1 atom stereocenters. The van der Waals surface area contributed by atoms with Crippen molar-refractivity contribution in [2.24, 2.45) is 4.99 Å². The fraction of sp³-hybridized carbons (Fsp3) is 0.600. The number of benzene rings is 1. The Kier molecular flexibility index (Phi) is 10.5. The van der Waals surface area contributed by atoms with Crippen LogP contribution in [0.5, 0.6) is 0 Å². The van der Waals surface area contributed by atoms with Gasteiger partial charge in [0.25, 0.3) is 11.9 Å². The van der Waals surface area contributed by atoms with E-state index in [0.717, 1.165) is 38.9 Å². The van der Waals surface area contributed by atoms with Crippen LogP contribution in [0.2, 0.25) is 0 Å². The van der Waals surface area contributed by atoms with E-state index in [2.05, 4.69) is 29.1 Å². The maximum Gasteiger partial charge on any atom is 0.291 e. The first-order valence-electron chi connectivity index (χ1n) is 9.50. The number of ether oxygens (including phenoxy) is 1. The SMILES string of the molecule is CCCOC(=N[C@H](C)CCCN(CC)CC)NC(=O)c1ccccc1F. The molecule has 0 radical (unpaired) electrons. The van der Waals surface area contributed by atoms with Gasteiger partial charge in [-0.25, -0.2) is 9.38 Å². The van der Waals surface area contributed by atoms with Gasteiger partial charge in [0.2, 0.25) is 0 Å². The molecule has 26 heavy (non-hydrogen) atoms. The molecule has 6 heteroatoms. The number of carbonyl (C=O) groups excluding carboxylic acids is 1. The molecule has 146 valence electrons. The van der Waals surface area contributed by atoms with Crippen LogP contribution >= 0.6 is 0 Å². The van der Waals surface area contributed by atoms with E-state index >= 15 is 0 Å². The number of nitrogens with zero attached hydrogens (tertiary/aromatic N) is 2. The summed E-state index contributed by atoms with van der Waals surface area (Å²) in [5.74, 6) is -1.11. The molecule has 0 aromatic heterocycles. The van der Waals surface area contributed by atoms with Crippen molar-refractivity contribution in [1.82, 2.24) is 10.2 Å². The average molecular weight is 365 g/mol. The minimum Gasteiger partial charge on any atom is -0.465 e. The fourth-order valence-corrected chi connectivity index (χ4v) is 2.53. The molecule has 1 rings (SSSR count). The summed E-state index contributed by atoms with van der Waals surface area (Å²) >= 11 is 0.